The van der Waals surface area contributed by atoms with Gasteiger partial charge in [0.05, 0.1) is 0 Å². The summed E-state index contributed by atoms with van der Waals surface area (Å²) in [7, 11) is 4.03. The highest BCUT2D eigenvalue weighted by Gasteiger charge is 1.92. The molecule has 0 fully saturated rings. The van der Waals surface area contributed by atoms with Crippen LogP contribution in [0.25, 0.3) is 6.08 Å². The van der Waals surface area contributed by atoms with Crippen LogP contribution in [0.5, 0.6) is 0 Å². The first-order chi connectivity index (χ1) is 9.24. The molecule has 0 unspecified atom stereocenters. The lowest BCUT2D eigenvalue weighted by atomic mass is 10.2. The predicted molar refractivity (Wildman–Crippen MR) is 79.9 cm³/mol. The lowest BCUT2D eigenvalue weighted by molar-refractivity contribution is -0.671. The van der Waals surface area contributed by atoms with Crippen molar-refractivity contribution < 1.29 is 4.57 Å². The molecular formula is C17H19N2+. The van der Waals surface area contributed by atoms with E-state index in [-0.39, 0.29) is 0 Å². The molecule has 2 rings (SSSR count). The van der Waals surface area contributed by atoms with Crippen LogP contribution >= 0.6 is 0 Å². The third-order valence-electron chi connectivity index (χ3n) is 2.81. The third-order valence-corrected chi connectivity index (χ3v) is 2.81. The molecule has 0 aromatic carbocycles. The summed E-state index contributed by atoms with van der Waals surface area (Å²) in [5, 5.41) is 0. The standard InChI is InChI=1S/C17H19N2/c1-18-12-8-16(9-13-18)6-4-3-5-7-17-10-14-19(2)15-11-17/h3-15H,1-2H3/q+1. The Balaban J connectivity index is 1.90. The summed E-state index contributed by atoms with van der Waals surface area (Å²) >= 11 is 0. The van der Waals surface area contributed by atoms with Crippen molar-refractivity contribution in [3.05, 3.63) is 84.5 Å². The molecule has 1 aromatic heterocycles. The highest BCUT2D eigenvalue weighted by atomic mass is 15.0. The fraction of sp³-hybridized carbons (Fsp3) is 0.118. The van der Waals surface area contributed by atoms with E-state index in [1.165, 1.54) is 11.1 Å². The number of allylic oxidation sites excluding steroid dienone is 7. The third kappa shape index (κ3) is 4.43. The summed E-state index contributed by atoms with van der Waals surface area (Å²) in [5.74, 6) is 0. The molecule has 2 nitrogen and oxygen atoms in total. The zero-order valence-corrected chi connectivity index (χ0v) is 11.4. The van der Waals surface area contributed by atoms with Gasteiger partial charge in [0, 0.05) is 31.6 Å². The summed E-state index contributed by atoms with van der Waals surface area (Å²) < 4.78 is 2.02. The Morgan fingerprint density at radius 1 is 1.00 bits per heavy atom. The van der Waals surface area contributed by atoms with Gasteiger partial charge in [-0.2, -0.15) is 0 Å². The number of pyridine rings is 1. The highest BCUT2D eigenvalue weighted by Crippen LogP contribution is 2.07. The maximum absolute atomic E-state index is 2.09. The molecule has 0 aliphatic carbocycles. The van der Waals surface area contributed by atoms with Crippen LogP contribution in [-0.4, -0.2) is 11.9 Å². The van der Waals surface area contributed by atoms with E-state index in [0.29, 0.717) is 0 Å². The minimum Gasteiger partial charge on any atom is -0.357 e. The van der Waals surface area contributed by atoms with Crippen LogP contribution in [-0.2, 0) is 7.05 Å². The Morgan fingerprint density at radius 3 is 2.37 bits per heavy atom. The molecule has 1 aliphatic heterocycles. The average Bonchev–Trinajstić information content (AvgIpc) is 2.43. The van der Waals surface area contributed by atoms with Crippen molar-refractivity contribution in [2.45, 2.75) is 0 Å². The second-order valence-electron chi connectivity index (χ2n) is 4.50. The van der Waals surface area contributed by atoms with Crippen LogP contribution in [0.4, 0.5) is 0 Å². The van der Waals surface area contributed by atoms with Crippen LogP contribution < -0.4 is 4.57 Å². The number of rotatable bonds is 3. The summed E-state index contributed by atoms with van der Waals surface area (Å²) in [6.45, 7) is 0. The van der Waals surface area contributed by atoms with Crippen molar-refractivity contribution in [1.82, 2.24) is 4.90 Å². The molecule has 0 saturated carbocycles. The van der Waals surface area contributed by atoms with Crippen molar-refractivity contribution in [2.75, 3.05) is 7.05 Å². The van der Waals surface area contributed by atoms with E-state index >= 15 is 0 Å². The molecule has 1 aromatic rings. The number of nitrogens with zero attached hydrogens (tertiary/aromatic N) is 2. The molecule has 0 saturated heterocycles. The van der Waals surface area contributed by atoms with E-state index in [1.807, 2.05) is 54.4 Å². The second-order valence-corrected chi connectivity index (χ2v) is 4.50. The second kappa shape index (κ2) is 6.55. The van der Waals surface area contributed by atoms with Crippen molar-refractivity contribution in [1.29, 1.82) is 0 Å². The lowest BCUT2D eigenvalue weighted by Gasteiger charge is -2.11. The molecular weight excluding hydrogens is 232 g/mol. The minimum atomic E-state index is 1.20. The molecule has 1 aliphatic rings. The van der Waals surface area contributed by atoms with Gasteiger partial charge in [0.2, 0.25) is 0 Å². The van der Waals surface area contributed by atoms with Gasteiger partial charge in [0.15, 0.2) is 12.4 Å². The average molecular weight is 251 g/mol. The highest BCUT2D eigenvalue weighted by molar-refractivity contribution is 5.50. The first-order valence-corrected chi connectivity index (χ1v) is 6.33. The van der Waals surface area contributed by atoms with Crippen LogP contribution in [0.3, 0.4) is 0 Å². The van der Waals surface area contributed by atoms with E-state index in [2.05, 4.69) is 48.6 Å². The van der Waals surface area contributed by atoms with Crippen molar-refractivity contribution in [3.63, 3.8) is 0 Å². The summed E-state index contributed by atoms with van der Waals surface area (Å²) in [6.07, 6.45) is 22.7. The topological polar surface area (TPSA) is 7.12 Å². The number of hydrogen-bond donors (Lipinski definition) is 0. The maximum Gasteiger partial charge on any atom is 0.169 e. The summed E-state index contributed by atoms with van der Waals surface area (Å²) in [4.78, 5) is 2.02. The van der Waals surface area contributed by atoms with Gasteiger partial charge < -0.3 is 4.90 Å². The van der Waals surface area contributed by atoms with Gasteiger partial charge in [-0.05, 0) is 23.3 Å². The molecule has 0 spiro atoms. The maximum atomic E-state index is 2.09. The molecule has 2 heterocycles. The zero-order valence-electron chi connectivity index (χ0n) is 11.4. The van der Waals surface area contributed by atoms with E-state index in [0.717, 1.165) is 0 Å². The van der Waals surface area contributed by atoms with E-state index in [4.69, 9.17) is 0 Å². The number of aryl methyl sites for hydroxylation is 1. The molecule has 0 atom stereocenters. The van der Waals surface area contributed by atoms with Gasteiger partial charge in [-0.3, -0.25) is 0 Å². The largest absolute Gasteiger partial charge is 0.357 e. The van der Waals surface area contributed by atoms with Crippen molar-refractivity contribution in [3.8, 4) is 0 Å². The molecule has 2 heteroatoms. The molecule has 0 N–H and O–H groups in total. The Hall–Kier alpha value is -2.35. The SMILES string of the molecule is CN1C=CC(=C/C=C/C=C/c2cc[n+](C)cc2)C=C1. The van der Waals surface area contributed by atoms with Gasteiger partial charge in [-0.15, -0.1) is 0 Å². The minimum absolute atomic E-state index is 1.20. The van der Waals surface area contributed by atoms with E-state index in [1.54, 1.807) is 0 Å². The summed E-state index contributed by atoms with van der Waals surface area (Å²) in [6, 6.07) is 4.18. The number of hydrogen-bond acceptors (Lipinski definition) is 1. The Kier molecular flexibility index (Phi) is 4.51. The lowest BCUT2D eigenvalue weighted by Crippen LogP contribution is -2.25. The fourth-order valence-electron chi connectivity index (χ4n) is 1.64. The Bertz CT molecular complexity index is 541. The van der Waals surface area contributed by atoms with Crippen molar-refractivity contribution >= 4 is 6.08 Å². The van der Waals surface area contributed by atoms with Crippen LogP contribution in [0.2, 0.25) is 0 Å². The molecule has 96 valence electrons. The van der Waals surface area contributed by atoms with Gasteiger partial charge in [-0.1, -0.05) is 30.4 Å². The van der Waals surface area contributed by atoms with Crippen LogP contribution in [0.1, 0.15) is 5.56 Å². The molecule has 0 amide bonds. The van der Waals surface area contributed by atoms with E-state index in [9.17, 15) is 0 Å². The Morgan fingerprint density at radius 2 is 1.68 bits per heavy atom. The summed E-state index contributed by atoms with van der Waals surface area (Å²) in [5.41, 5.74) is 2.41. The number of aromatic nitrogens is 1. The first kappa shape index (κ1) is 13.1. The van der Waals surface area contributed by atoms with E-state index < -0.39 is 0 Å². The first-order valence-electron chi connectivity index (χ1n) is 6.33. The monoisotopic (exact) mass is 251 g/mol. The van der Waals surface area contributed by atoms with Crippen LogP contribution in [0.15, 0.2) is 79.0 Å². The molecule has 0 radical (unpaired) electrons. The molecule has 19 heavy (non-hydrogen) atoms. The zero-order chi connectivity index (χ0) is 13.5. The van der Waals surface area contributed by atoms with Gasteiger partial charge >= 0.3 is 0 Å². The Labute approximate surface area is 115 Å². The van der Waals surface area contributed by atoms with Gasteiger partial charge in [0.1, 0.15) is 7.05 Å². The normalized spacial score (nSPS) is 14.8. The quantitative estimate of drug-likeness (QED) is 0.592. The smallest absolute Gasteiger partial charge is 0.169 e. The van der Waals surface area contributed by atoms with Crippen molar-refractivity contribution in [2.24, 2.45) is 7.05 Å². The fourth-order valence-corrected chi connectivity index (χ4v) is 1.64. The van der Waals surface area contributed by atoms with Gasteiger partial charge in [-0.25, -0.2) is 4.57 Å². The predicted octanol–water partition coefficient (Wildman–Crippen LogP) is 2.98. The van der Waals surface area contributed by atoms with Crippen LogP contribution in [0, 0.1) is 0 Å². The molecule has 0 bridgehead atoms. The van der Waals surface area contributed by atoms with Gasteiger partial charge in [0.25, 0.3) is 0 Å².